The third kappa shape index (κ3) is 47.2. The summed E-state index contributed by atoms with van der Waals surface area (Å²) in [4.78, 5) is 51.4. The lowest BCUT2D eigenvalue weighted by Crippen LogP contribution is -2.61. The van der Waals surface area contributed by atoms with Crippen LogP contribution in [0.5, 0.6) is 0 Å². The lowest BCUT2D eigenvalue weighted by molar-refractivity contribution is -0.301. The molecule has 0 amide bonds. The minimum Gasteiger partial charge on any atom is -0.479 e. The van der Waals surface area contributed by atoms with Crippen LogP contribution in [0.2, 0.25) is 0 Å². The number of carbonyl (C=O) groups excluding carboxylic acids is 3. The molecule has 3 N–H and O–H groups in total. The molecule has 0 aromatic heterocycles. The second-order valence-corrected chi connectivity index (χ2v) is 23.8. The second-order valence-electron chi connectivity index (χ2n) is 23.8. The quantitative estimate of drug-likeness (QED) is 0.0228. The lowest BCUT2D eigenvalue weighted by atomic mass is 9.98. The second kappa shape index (κ2) is 57.6. The van der Waals surface area contributed by atoms with Crippen molar-refractivity contribution in [3.8, 4) is 0 Å². The zero-order valence-electron chi connectivity index (χ0n) is 52.6. The largest absolute Gasteiger partial charge is 0.479 e. The number of aliphatic hydroxyl groups excluding tert-OH is 2. The maximum absolute atomic E-state index is 13.2. The summed E-state index contributed by atoms with van der Waals surface area (Å²) in [6.07, 6.45) is 55.6. The molecule has 474 valence electrons. The van der Waals surface area contributed by atoms with E-state index in [9.17, 15) is 34.5 Å². The summed E-state index contributed by atoms with van der Waals surface area (Å²) >= 11 is 0. The molecule has 0 aliphatic carbocycles. The van der Waals surface area contributed by atoms with Gasteiger partial charge in [0.1, 0.15) is 18.8 Å². The Hall–Kier alpha value is -2.80. The molecule has 12 heteroatoms. The minimum atomic E-state index is -1.90. The molecule has 0 spiro atoms. The highest BCUT2D eigenvalue weighted by molar-refractivity contribution is 5.74. The van der Waals surface area contributed by atoms with Gasteiger partial charge in [-0.25, -0.2) is 4.79 Å². The third-order valence-corrected chi connectivity index (χ3v) is 16.0. The van der Waals surface area contributed by atoms with Gasteiger partial charge in [-0.3, -0.25) is 14.4 Å². The van der Waals surface area contributed by atoms with Gasteiger partial charge in [0.25, 0.3) is 0 Å². The van der Waals surface area contributed by atoms with Gasteiger partial charge in [-0.05, 0) is 51.4 Å². The van der Waals surface area contributed by atoms with Gasteiger partial charge in [0, 0.05) is 19.3 Å². The van der Waals surface area contributed by atoms with Crippen molar-refractivity contribution in [3.63, 3.8) is 0 Å². The normalized spacial score (nSPS) is 17.8. The van der Waals surface area contributed by atoms with E-state index in [1.807, 2.05) is 0 Å². The lowest BCUT2D eigenvalue weighted by Gasteiger charge is -2.40. The van der Waals surface area contributed by atoms with Crippen LogP contribution in [-0.2, 0) is 42.9 Å². The molecule has 1 rings (SSSR count). The zero-order valence-corrected chi connectivity index (χ0v) is 52.6. The summed E-state index contributed by atoms with van der Waals surface area (Å²) in [6, 6.07) is 0. The molecular formula is C69H126O12. The fourth-order valence-corrected chi connectivity index (χ4v) is 10.8. The molecule has 0 aromatic rings. The van der Waals surface area contributed by atoms with E-state index in [0.717, 1.165) is 77.0 Å². The van der Waals surface area contributed by atoms with Crippen molar-refractivity contribution in [2.24, 2.45) is 0 Å². The van der Waals surface area contributed by atoms with Gasteiger partial charge in [0.2, 0.25) is 0 Å². The molecule has 12 nitrogen and oxygen atoms in total. The molecule has 6 atom stereocenters. The highest BCUT2D eigenvalue weighted by atomic mass is 16.7. The first-order chi connectivity index (χ1) is 39.6. The number of aliphatic hydroxyl groups is 2. The Kier molecular flexibility index (Phi) is 54.2. The molecule has 1 aliphatic rings. The highest BCUT2D eigenvalue weighted by Crippen LogP contribution is 2.27. The first kappa shape index (κ1) is 76.2. The van der Waals surface area contributed by atoms with Crippen LogP contribution in [0.1, 0.15) is 342 Å². The summed E-state index contributed by atoms with van der Waals surface area (Å²) in [5.74, 6) is -3.08. The Labute approximate surface area is 496 Å². The van der Waals surface area contributed by atoms with E-state index in [-0.39, 0.29) is 25.9 Å². The Morgan fingerprint density at radius 1 is 0.407 bits per heavy atom. The molecule has 81 heavy (non-hydrogen) atoms. The number of carboxylic acid groups (broad SMARTS) is 1. The monoisotopic (exact) mass is 1150 g/mol. The number of carbonyl (C=O) groups is 4. The van der Waals surface area contributed by atoms with Crippen molar-refractivity contribution >= 4 is 23.9 Å². The molecule has 1 heterocycles. The van der Waals surface area contributed by atoms with Crippen LogP contribution >= 0.6 is 0 Å². The number of ether oxygens (including phenoxy) is 5. The first-order valence-electron chi connectivity index (χ1n) is 34.3. The number of unbranched alkanes of at least 4 members (excludes halogenated alkanes) is 42. The van der Waals surface area contributed by atoms with Gasteiger partial charge < -0.3 is 39.0 Å². The van der Waals surface area contributed by atoms with E-state index in [0.29, 0.717) is 19.3 Å². The van der Waals surface area contributed by atoms with Crippen molar-refractivity contribution < 1.29 is 58.2 Å². The van der Waals surface area contributed by atoms with Crippen LogP contribution < -0.4 is 0 Å². The average molecular weight is 1150 g/mol. The van der Waals surface area contributed by atoms with Crippen LogP contribution in [0.25, 0.3) is 0 Å². The first-order valence-corrected chi connectivity index (χ1v) is 34.3. The van der Waals surface area contributed by atoms with E-state index in [2.05, 4.69) is 45.1 Å². The maximum Gasteiger partial charge on any atom is 0.335 e. The van der Waals surface area contributed by atoms with Crippen molar-refractivity contribution in [2.75, 3.05) is 13.2 Å². The summed E-state index contributed by atoms with van der Waals surface area (Å²) < 4.78 is 28.6. The van der Waals surface area contributed by atoms with E-state index in [4.69, 9.17) is 23.7 Å². The Morgan fingerprint density at radius 2 is 0.741 bits per heavy atom. The predicted molar refractivity (Wildman–Crippen MR) is 331 cm³/mol. The van der Waals surface area contributed by atoms with Crippen LogP contribution in [0, 0.1) is 0 Å². The van der Waals surface area contributed by atoms with Crippen LogP contribution in [0.3, 0.4) is 0 Å². The maximum atomic E-state index is 13.2. The van der Waals surface area contributed by atoms with Crippen molar-refractivity contribution in [1.29, 1.82) is 0 Å². The molecule has 1 saturated heterocycles. The molecule has 0 saturated carbocycles. The molecule has 0 aromatic carbocycles. The van der Waals surface area contributed by atoms with E-state index < -0.39 is 67.3 Å². The average Bonchev–Trinajstić information content (AvgIpc) is 3.54. The molecular weight excluding hydrogens is 1020 g/mol. The summed E-state index contributed by atoms with van der Waals surface area (Å²) in [6.45, 7) is 6.04. The Bertz CT molecular complexity index is 1500. The summed E-state index contributed by atoms with van der Waals surface area (Å²) in [5, 5.41) is 31.6. The third-order valence-electron chi connectivity index (χ3n) is 16.0. The van der Waals surface area contributed by atoms with Crippen LogP contribution in [0.15, 0.2) is 24.3 Å². The van der Waals surface area contributed by atoms with Gasteiger partial charge in [-0.15, -0.1) is 0 Å². The number of allylic oxidation sites excluding steroid dienone is 4. The number of carboxylic acids is 1. The molecule has 1 aliphatic heterocycles. The molecule has 0 bridgehead atoms. The van der Waals surface area contributed by atoms with E-state index in [1.165, 1.54) is 205 Å². The van der Waals surface area contributed by atoms with Gasteiger partial charge in [-0.2, -0.15) is 0 Å². The Morgan fingerprint density at radius 3 is 1.14 bits per heavy atom. The number of rotatable bonds is 60. The molecule has 6 unspecified atom stereocenters. The van der Waals surface area contributed by atoms with Gasteiger partial charge in [-0.1, -0.05) is 295 Å². The Balaban J connectivity index is 2.61. The number of hydrogen-bond acceptors (Lipinski definition) is 11. The number of hydrogen-bond donors (Lipinski definition) is 3. The van der Waals surface area contributed by atoms with Crippen molar-refractivity contribution in [3.05, 3.63) is 24.3 Å². The van der Waals surface area contributed by atoms with Crippen LogP contribution in [-0.4, -0.2) is 89.2 Å². The van der Waals surface area contributed by atoms with E-state index in [1.54, 1.807) is 0 Å². The summed E-state index contributed by atoms with van der Waals surface area (Å²) in [7, 11) is 0. The van der Waals surface area contributed by atoms with E-state index >= 15 is 0 Å². The predicted octanol–water partition coefficient (Wildman–Crippen LogP) is 18.6. The summed E-state index contributed by atoms with van der Waals surface area (Å²) in [5.41, 5.74) is 0. The van der Waals surface area contributed by atoms with Crippen LogP contribution in [0.4, 0.5) is 0 Å². The zero-order chi connectivity index (χ0) is 58.9. The number of aliphatic carboxylic acids is 1. The smallest absolute Gasteiger partial charge is 0.335 e. The topological polar surface area (TPSA) is 175 Å². The van der Waals surface area contributed by atoms with Crippen molar-refractivity contribution in [1.82, 2.24) is 0 Å². The minimum absolute atomic E-state index is 0.0610. The van der Waals surface area contributed by atoms with Gasteiger partial charge >= 0.3 is 23.9 Å². The fourth-order valence-electron chi connectivity index (χ4n) is 10.8. The fraction of sp³-hybridized carbons (Fsp3) is 0.884. The molecule has 1 fully saturated rings. The molecule has 0 radical (unpaired) electrons. The highest BCUT2D eigenvalue weighted by Gasteiger charge is 2.50. The van der Waals surface area contributed by atoms with Gasteiger partial charge in [0.05, 0.1) is 6.61 Å². The standard InChI is InChI=1S/C69H126O12/c1-4-7-10-13-16-19-22-25-28-30-31-33-36-39-42-45-48-51-54-57-63(72)80-67-65(74)64(73)66(68(75)76)81-69(67)78-59-60(79-62(71)56-53-50-47-44-41-38-34-27-24-21-18-15-12-9-6-3)58-77-61(70)55-52-49-46-43-40-37-35-32-29-26-23-20-17-14-11-8-5-2/h16,19,25,28,60,64-67,69,73-74H,4-15,17-18,20-24,26-27,29-59H2,1-3H3,(H,75,76)/b19-16-,28-25-. The SMILES string of the molecule is CCCCC/C=C\C/C=C\CCCCCCCCCCCC(=O)OC1C(OCC(COC(=O)CCCCCCCCCCCCCCCCCCC)OC(=O)CCCCCCCCCCCCCCCCC)OC(C(=O)O)C(O)C1O. The van der Waals surface area contributed by atoms with Gasteiger partial charge in [0.15, 0.2) is 24.6 Å². The number of esters is 3. The van der Waals surface area contributed by atoms with Crippen molar-refractivity contribution in [2.45, 2.75) is 379 Å².